The van der Waals surface area contributed by atoms with Gasteiger partial charge in [-0.25, -0.2) is 0 Å². The zero-order valence-corrected chi connectivity index (χ0v) is 14.6. The molecule has 2 atom stereocenters. The number of alkyl halides is 3. The number of anilines is 1. The van der Waals surface area contributed by atoms with E-state index in [1.807, 2.05) is 17.0 Å². The number of furan rings is 1. The average molecular weight is 377 g/mol. The van der Waals surface area contributed by atoms with Crippen molar-refractivity contribution < 1.29 is 17.6 Å². The Bertz CT molecular complexity index is 990. The molecule has 27 heavy (non-hydrogen) atoms. The summed E-state index contributed by atoms with van der Waals surface area (Å²) in [5.41, 5.74) is 0.0739. The normalized spacial score (nSPS) is 22.4. The summed E-state index contributed by atoms with van der Waals surface area (Å²) in [4.78, 5) is 2.00. The van der Waals surface area contributed by atoms with Crippen molar-refractivity contribution >= 4 is 11.5 Å². The van der Waals surface area contributed by atoms with E-state index in [1.165, 1.54) is 6.07 Å². The summed E-state index contributed by atoms with van der Waals surface area (Å²) < 4.78 is 46.1. The minimum absolute atomic E-state index is 0.0739. The smallest absolute Gasteiger partial charge is 0.453 e. The van der Waals surface area contributed by atoms with Crippen molar-refractivity contribution in [3.8, 4) is 0 Å². The number of hydrogen-bond donors (Lipinski definition) is 0. The zero-order chi connectivity index (χ0) is 18.8. The second-order valence-electron chi connectivity index (χ2n) is 7.47. The number of nitrogens with zero attached hydrogens (tertiary/aromatic N) is 5. The molecule has 3 aromatic heterocycles. The maximum absolute atomic E-state index is 13.1. The first-order valence-electron chi connectivity index (χ1n) is 9.05. The predicted octanol–water partition coefficient (Wildman–Crippen LogP) is 4.03. The van der Waals surface area contributed by atoms with Crippen molar-refractivity contribution in [1.29, 1.82) is 0 Å². The van der Waals surface area contributed by atoms with Crippen LogP contribution in [0.2, 0.25) is 0 Å². The van der Waals surface area contributed by atoms with Crippen molar-refractivity contribution in [2.45, 2.75) is 50.9 Å². The van der Waals surface area contributed by atoms with Crippen molar-refractivity contribution in [1.82, 2.24) is 19.8 Å². The molecule has 0 amide bonds. The third kappa shape index (κ3) is 3.04. The fraction of sp³-hybridized carbons (Fsp3) is 0.500. The molecule has 0 bridgehead atoms. The number of hydrogen-bond acceptors (Lipinski definition) is 5. The lowest BCUT2D eigenvalue weighted by Crippen LogP contribution is -2.26. The van der Waals surface area contributed by atoms with Gasteiger partial charge in [0.1, 0.15) is 17.3 Å². The van der Waals surface area contributed by atoms with Crippen LogP contribution in [0.5, 0.6) is 0 Å². The highest BCUT2D eigenvalue weighted by atomic mass is 19.4. The van der Waals surface area contributed by atoms with Crippen molar-refractivity contribution in [3.63, 3.8) is 0 Å². The van der Waals surface area contributed by atoms with E-state index in [-0.39, 0.29) is 11.7 Å². The van der Waals surface area contributed by atoms with Crippen molar-refractivity contribution in [3.05, 3.63) is 41.6 Å². The molecular weight excluding hydrogens is 359 g/mol. The van der Waals surface area contributed by atoms with Gasteiger partial charge < -0.3 is 9.32 Å². The van der Waals surface area contributed by atoms with Gasteiger partial charge in [-0.3, -0.25) is 0 Å². The minimum Gasteiger partial charge on any atom is -0.464 e. The number of rotatable bonds is 5. The van der Waals surface area contributed by atoms with Gasteiger partial charge in [-0.2, -0.15) is 17.7 Å². The molecule has 0 aromatic carbocycles. The Morgan fingerprint density at radius 1 is 1.19 bits per heavy atom. The highest BCUT2D eigenvalue weighted by molar-refractivity contribution is 5.47. The van der Waals surface area contributed by atoms with E-state index in [4.69, 9.17) is 4.42 Å². The molecule has 5 rings (SSSR count). The van der Waals surface area contributed by atoms with Crippen LogP contribution in [0.25, 0.3) is 5.65 Å². The van der Waals surface area contributed by atoms with Gasteiger partial charge in [-0.05, 0) is 49.4 Å². The predicted molar refractivity (Wildman–Crippen MR) is 90.2 cm³/mol. The number of fused-ring (bicyclic) bond motifs is 1. The van der Waals surface area contributed by atoms with Crippen molar-refractivity contribution in [2.24, 2.45) is 5.92 Å². The number of aromatic nitrogens is 4. The summed E-state index contributed by atoms with van der Waals surface area (Å²) >= 11 is 0. The first kappa shape index (κ1) is 16.6. The summed E-state index contributed by atoms with van der Waals surface area (Å²) in [7, 11) is 0. The van der Waals surface area contributed by atoms with Crippen molar-refractivity contribution in [2.75, 3.05) is 4.90 Å². The van der Waals surface area contributed by atoms with E-state index >= 15 is 0 Å². The fourth-order valence-corrected chi connectivity index (χ4v) is 3.46. The highest BCUT2D eigenvalue weighted by Gasteiger charge is 2.39. The molecule has 2 aliphatic carbocycles. The molecule has 6 nitrogen and oxygen atoms in total. The molecule has 2 aliphatic rings. The summed E-state index contributed by atoms with van der Waals surface area (Å²) in [5, 5.41) is 11.0. The molecular formula is C18H18F3N5O. The maximum Gasteiger partial charge on any atom is 0.453 e. The third-order valence-corrected chi connectivity index (χ3v) is 5.27. The first-order valence-corrected chi connectivity index (χ1v) is 9.05. The van der Waals surface area contributed by atoms with E-state index in [2.05, 4.69) is 22.2 Å². The third-order valence-electron chi connectivity index (χ3n) is 5.27. The largest absolute Gasteiger partial charge is 0.464 e. The molecule has 9 heteroatoms. The molecule has 0 spiro atoms. The Hall–Kier alpha value is -2.58. The Morgan fingerprint density at radius 3 is 2.63 bits per heavy atom. The minimum atomic E-state index is -4.60. The lowest BCUT2D eigenvalue weighted by molar-refractivity contribution is -0.146. The van der Waals surface area contributed by atoms with Crippen LogP contribution in [0, 0.1) is 5.92 Å². The van der Waals surface area contributed by atoms with Crippen LogP contribution in [0.3, 0.4) is 0 Å². The van der Waals surface area contributed by atoms with Gasteiger partial charge in [0, 0.05) is 12.0 Å². The van der Waals surface area contributed by atoms with Gasteiger partial charge in [0.2, 0.25) is 0 Å². The van der Waals surface area contributed by atoms with Crippen LogP contribution >= 0.6 is 0 Å². The molecule has 142 valence electrons. The van der Waals surface area contributed by atoms with E-state index in [1.54, 1.807) is 6.07 Å². The fourth-order valence-electron chi connectivity index (χ4n) is 3.46. The molecule has 0 N–H and O–H groups in total. The second-order valence-corrected chi connectivity index (χ2v) is 7.47. The van der Waals surface area contributed by atoms with E-state index in [0.29, 0.717) is 24.2 Å². The molecule has 3 aromatic rings. The Balaban J connectivity index is 1.46. The zero-order valence-electron chi connectivity index (χ0n) is 14.6. The van der Waals surface area contributed by atoms with Gasteiger partial charge in [0.15, 0.2) is 5.65 Å². The lowest BCUT2D eigenvalue weighted by Gasteiger charge is -2.22. The molecule has 2 saturated carbocycles. The van der Waals surface area contributed by atoms with Gasteiger partial charge in [0.25, 0.3) is 5.82 Å². The molecule has 2 fully saturated rings. The summed E-state index contributed by atoms with van der Waals surface area (Å²) in [6.45, 7) is 2.67. The van der Waals surface area contributed by atoms with E-state index in [9.17, 15) is 13.2 Å². The van der Waals surface area contributed by atoms with Gasteiger partial charge >= 0.3 is 6.18 Å². The van der Waals surface area contributed by atoms with Gasteiger partial charge in [-0.1, -0.05) is 6.92 Å². The maximum atomic E-state index is 13.1. The Morgan fingerprint density at radius 2 is 1.96 bits per heavy atom. The SMILES string of the molecule is C[C@@H]1C[C@H]1c1ccc(CN(c2ccc3nnc(C(F)(F)F)n3n2)C2CC2)o1. The highest BCUT2D eigenvalue weighted by Crippen LogP contribution is 2.47. The quantitative estimate of drug-likeness (QED) is 0.672. The van der Waals surface area contributed by atoms with E-state index in [0.717, 1.165) is 35.3 Å². The molecule has 0 radical (unpaired) electrons. The van der Waals surface area contributed by atoms with Gasteiger partial charge in [-0.15, -0.1) is 15.3 Å². The van der Waals surface area contributed by atoms with Gasteiger partial charge in [0.05, 0.1) is 6.54 Å². The van der Waals surface area contributed by atoms with Crippen LogP contribution in [0.1, 0.15) is 49.4 Å². The summed E-state index contributed by atoms with van der Waals surface area (Å²) in [5.74, 6) is 2.30. The summed E-state index contributed by atoms with van der Waals surface area (Å²) in [6, 6.07) is 7.42. The lowest BCUT2D eigenvalue weighted by atomic mass is 10.3. The van der Waals surface area contributed by atoms with Crippen LogP contribution in [-0.2, 0) is 12.7 Å². The number of halogens is 3. The molecule has 3 heterocycles. The standard InChI is InChI=1S/C18H18F3N5O/c1-10-8-13(10)14-5-4-12(27-14)9-25(11-2-3-11)16-7-6-15-22-23-17(18(19,20)21)26(15)24-16/h4-7,10-11,13H,2-3,8-9H2,1H3/t10-,13-/m1/s1. The second kappa shape index (κ2) is 5.71. The molecule has 0 unspecified atom stereocenters. The van der Waals surface area contributed by atoms with Crippen LogP contribution in [0.4, 0.5) is 19.0 Å². The average Bonchev–Trinajstić information content (AvgIpc) is 3.49. The monoisotopic (exact) mass is 377 g/mol. The van der Waals surface area contributed by atoms with Crippen LogP contribution < -0.4 is 4.90 Å². The van der Waals surface area contributed by atoms with Crippen LogP contribution in [-0.4, -0.2) is 25.9 Å². The molecule has 0 saturated heterocycles. The Labute approximate surface area is 153 Å². The van der Waals surface area contributed by atoms with E-state index < -0.39 is 12.0 Å². The Kier molecular flexibility index (Phi) is 3.50. The first-order chi connectivity index (χ1) is 12.9. The summed E-state index contributed by atoms with van der Waals surface area (Å²) in [6.07, 6.45) is -1.49. The van der Waals surface area contributed by atoms with Crippen LogP contribution in [0.15, 0.2) is 28.7 Å². The topological polar surface area (TPSA) is 59.5 Å². The molecule has 0 aliphatic heterocycles.